The van der Waals surface area contributed by atoms with Crippen molar-refractivity contribution in [2.45, 2.75) is 19.4 Å². The minimum absolute atomic E-state index is 0.0829. The van der Waals surface area contributed by atoms with Crippen molar-refractivity contribution in [1.82, 2.24) is 15.5 Å². The quantitative estimate of drug-likeness (QED) is 0.706. The normalized spacial score (nSPS) is 13.7. The number of carbonyl (C=O) groups excluding carboxylic acids is 1. The van der Waals surface area contributed by atoms with Gasteiger partial charge in [-0.3, -0.25) is 4.90 Å². The molecule has 0 aromatic heterocycles. The number of urea groups is 1. The lowest BCUT2D eigenvalue weighted by Crippen LogP contribution is -2.40. The molecule has 5 heteroatoms. The first-order chi connectivity index (χ1) is 13.2. The number of likely N-dealkylation sites (N-methyl/N-ethyl adjacent to an activating group) is 1. The van der Waals surface area contributed by atoms with Crippen LogP contribution in [0.1, 0.15) is 17.5 Å². The maximum atomic E-state index is 11.9. The largest absolute Gasteiger partial charge is 0.373 e. The number of hydrogen-bond acceptors (Lipinski definition) is 3. The van der Waals surface area contributed by atoms with Gasteiger partial charge >= 0.3 is 6.03 Å². The molecule has 2 aromatic carbocycles. The molecule has 3 rings (SSSR count). The zero-order chi connectivity index (χ0) is 18.9. The summed E-state index contributed by atoms with van der Waals surface area (Å²) >= 11 is 0. The van der Waals surface area contributed by atoms with Crippen molar-refractivity contribution in [1.29, 1.82) is 0 Å². The predicted molar refractivity (Wildman–Crippen MR) is 111 cm³/mol. The molecule has 5 nitrogen and oxygen atoms in total. The van der Waals surface area contributed by atoms with Crippen LogP contribution in [-0.4, -0.2) is 50.7 Å². The van der Waals surface area contributed by atoms with Crippen molar-refractivity contribution in [2.24, 2.45) is 0 Å². The Morgan fingerprint density at radius 1 is 1.00 bits per heavy atom. The molecule has 0 unspecified atom stereocenters. The number of carbonyl (C=O) groups is 1. The van der Waals surface area contributed by atoms with E-state index in [1.807, 2.05) is 25.2 Å². The van der Waals surface area contributed by atoms with Gasteiger partial charge < -0.3 is 15.5 Å². The SMILES string of the molecule is CN(CCNC(=O)NCCCN1CCc2ccccc2C1)c1ccccc1. The van der Waals surface area contributed by atoms with Gasteiger partial charge in [0.1, 0.15) is 0 Å². The van der Waals surface area contributed by atoms with Gasteiger partial charge in [-0.25, -0.2) is 4.79 Å². The van der Waals surface area contributed by atoms with Gasteiger partial charge in [-0.2, -0.15) is 0 Å². The molecule has 27 heavy (non-hydrogen) atoms. The number of anilines is 1. The van der Waals surface area contributed by atoms with Crippen LogP contribution in [0.15, 0.2) is 54.6 Å². The van der Waals surface area contributed by atoms with E-state index in [1.165, 1.54) is 11.1 Å². The van der Waals surface area contributed by atoms with Gasteiger partial charge in [0.05, 0.1) is 0 Å². The maximum absolute atomic E-state index is 11.9. The number of nitrogens with one attached hydrogen (secondary N) is 2. The fourth-order valence-electron chi connectivity index (χ4n) is 3.46. The van der Waals surface area contributed by atoms with Crippen molar-refractivity contribution < 1.29 is 4.79 Å². The fraction of sp³-hybridized carbons (Fsp3) is 0.409. The Labute approximate surface area is 162 Å². The Kier molecular flexibility index (Phi) is 7.11. The third-order valence-electron chi connectivity index (χ3n) is 5.08. The number of para-hydroxylation sites is 1. The number of benzene rings is 2. The second-order valence-electron chi connectivity index (χ2n) is 7.09. The van der Waals surface area contributed by atoms with Crippen molar-refractivity contribution in [3.63, 3.8) is 0 Å². The van der Waals surface area contributed by atoms with Gasteiger partial charge in [0.2, 0.25) is 0 Å². The molecule has 2 N–H and O–H groups in total. The highest BCUT2D eigenvalue weighted by atomic mass is 16.2. The lowest BCUT2D eigenvalue weighted by molar-refractivity contribution is 0.235. The first kappa shape index (κ1) is 19.2. The zero-order valence-electron chi connectivity index (χ0n) is 16.2. The molecule has 0 radical (unpaired) electrons. The third kappa shape index (κ3) is 6.00. The Hall–Kier alpha value is -2.53. The highest BCUT2D eigenvalue weighted by Gasteiger charge is 2.14. The number of rotatable bonds is 8. The van der Waals surface area contributed by atoms with E-state index in [4.69, 9.17) is 0 Å². The molecule has 1 aliphatic rings. The van der Waals surface area contributed by atoms with E-state index in [0.717, 1.165) is 44.7 Å². The molecular weight excluding hydrogens is 336 g/mol. The minimum atomic E-state index is -0.0829. The van der Waals surface area contributed by atoms with Gasteiger partial charge in [0, 0.05) is 52.0 Å². The summed E-state index contributed by atoms with van der Waals surface area (Å²) in [5.41, 5.74) is 4.08. The van der Waals surface area contributed by atoms with Crippen LogP contribution in [0.2, 0.25) is 0 Å². The van der Waals surface area contributed by atoms with Crippen LogP contribution in [0.4, 0.5) is 10.5 Å². The molecule has 0 fully saturated rings. The number of hydrogen-bond donors (Lipinski definition) is 2. The Morgan fingerprint density at radius 2 is 1.70 bits per heavy atom. The van der Waals surface area contributed by atoms with Gasteiger partial charge in [-0.15, -0.1) is 0 Å². The summed E-state index contributed by atoms with van der Waals surface area (Å²) in [6.07, 6.45) is 2.10. The van der Waals surface area contributed by atoms with Crippen LogP contribution in [-0.2, 0) is 13.0 Å². The van der Waals surface area contributed by atoms with Crippen molar-refractivity contribution in [2.75, 3.05) is 44.7 Å². The smallest absolute Gasteiger partial charge is 0.314 e. The first-order valence-corrected chi connectivity index (χ1v) is 9.79. The highest BCUT2D eigenvalue weighted by molar-refractivity contribution is 5.73. The van der Waals surface area contributed by atoms with E-state index < -0.39 is 0 Å². The fourth-order valence-corrected chi connectivity index (χ4v) is 3.46. The van der Waals surface area contributed by atoms with Crippen LogP contribution in [0.25, 0.3) is 0 Å². The lowest BCUT2D eigenvalue weighted by Gasteiger charge is -2.28. The summed E-state index contributed by atoms with van der Waals surface area (Å²) in [5.74, 6) is 0. The second-order valence-corrected chi connectivity index (χ2v) is 7.09. The van der Waals surface area contributed by atoms with Gasteiger partial charge in [0.25, 0.3) is 0 Å². The molecule has 144 valence electrons. The van der Waals surface area contributed by atoms with Crippen molar-refractivity contribution in [3.8, 4) is 0 Å². The molecule has 1 aliphatic heterocycles. The third-order valence-corrected chi connectivity index (χ3v) is 5.08. The second kappa shape index (κ2) is 9.97. The van der Waals surface area contributed by atoms with Gasteiger partial charge in [-0.1, -0.05) is 42.5 Å². The standard InChI is InChI=1S/C22H30N4O/c1-25(21-10-3-2-4-11-21)17-14-24-22(27)23-13-7-15-26-16-12-19-8-5-6-9-20(19)18-26/h2-6,8-11H,7,12-18H2,1H3,(H2,23,24,27). The summed E-state index contributed by atoms with van der Waals surface area (Å²) < 4.78 is 0. The number of nitrogens with zero attached hydrogens (tertiary/aromatic N) is 2. The van der Waals surface area contributed by atoms with E-state index in [1.54, 1.807) is 0 Å². The molecule has 0 spiro atoms. The Morgan fingerprint density at radius 3 is 2.52 bits per heavy atom. The Bertz CT molecular complexity index is 719. The van der Waals surface area contributed by atoms with Crippen LogP contribution >= 0.6 is 0 Å². The van der Waals surface area contributed by atoms with Crippen molar-refractivity contribution >= 4 is 11.7 Å². The number of fused-ring (bicyclic) bond motifs is 1. The summed E-state index contributed by atoms with van der Waals surface area (Å²) in [6.45, 7) is 5.26. The zero-order valence-corrected chi connectivity index (χ0v) is 16.2. The van der Waals surface area contributed by atoms with E-state index in [9.17, 15) is 4.79 Å². The molecule has 1 heterocycles. The monoisotopic (exact) mass is 366 g/mol. The average molecular weight is 367 g/mol. The molecule has 0 saturated heterocycles. The summed E-state index contributed by atoms with van der Waals surface area (Å²) in [4.78, 5) is 16.5. The Balaban J connectivity index is 1.26. The highest BCUT2D eigenvalue weighted by Crippen LogP contribution is 2.18. The van der Waals surface area contributed by atoms with Crippen LogP contribution in [0, 0.1) is 0 Å². The molecular formula is C22H30N4O. The van der Waals surface area contributed by atoms with Crippen LogP contribution in [0.3, 0.4) is 0 Å². The van der Waals surface area contributed by atoms with E-state index in [0.29, 0.717) is 13.1 Å². The number of amides is 2. The molecule has 2 aromatic rings. The maximum Gasteiger partial charge on any atom is 0.314 e. The van der Waals surface area contributed by atoms with Gasteiger partial charge in [0.15, 0.2) is 0 Å². The summed E-state index contributed by atoms with van der Waals surface area (Å²) in [7, 11) is 2.03. The van der Waals surface area contributed by atoms with Gasteiger partial charge in [-0.05, 0) is 36.1 Å². The first-order valence-electron chi connectivity index (χ1n) is 9.79. The van der Waals surface area contributed by atoms with Crippen LogP contribution in [0.5, 0.6) is 0 Å². The van der Waals surface area contributed by atoms with E-state index in [-0.39, 0.29) is 6.03 Å². The predicted octanol–water partition coefficient (Wildman–Crippen LogP) is 2.87. The van der Waals surface area contributed by atoms with E-state index in [2.05, 4.69) is 56.8 Å². The van der Waals surface area contributed by atoms with Crippen molar-refractivity contribution in [3.05, 3.63) is 65.7 Å². The molecule has 0 atom stereocenters. The molecule has 0 saturated carbocycles. The molecule has 0 bridgehead atoms. The van der Waals surface area contributed by atoms with E-state index >= 15 is 0 Å². The molecule has 2 amide bonds. The minimum Gasteiger partial charge on any atom is -0.373 e. The lowest BCUT2D eigenvalue weighted by atomic mass is 10.00. The van der Waals surface area contributed by atoms with Crippen LogP contribution < -0.4 is 15.5 Å². The summed E-state index contributed by atoms with van der Waals surface area (Å²) in [5, 5.41) is 5.89. The molecule has 0 aliphatic carbocycles. The average Bonchev–Trinajstić information content (AvgIpc) is 2.71. The topological polar surface area (TPSA) is 47.6 Å². The summed E-state index contributed by atoms with van der Waals surface area (Å²) in [6, 6.07) is 18.8.